The lowest BCUT2D eigenvalue weighted by molar-refractivity contribution is 0.182. The highest BCUT2D eigenvalue weighted by molar-refractivity contribution is 4.90. The third kappa shape index (κ3) is 6.29. The second-order valence-electron chi connectivity index (χ2n) is 7.93. The van der Waals surface area contributed by atoms with Gasteiger partial charge in [-0.2, -0.15) is 0 Å². The van der Waals surface area contributed by atoms with Crippen LogP contribution in [-0.2, 0) is 0 Å². The number of hydrogen-bond donors (Lipinski definition) is 1. The van der Waals surface area contributed by atoms with Crippen LogP contribution >= 0.6 is 0 Å². The van der Waals surface area contributed by atoms with E-state index in [4.69, 9.17) is 0 Å². The van der Waals surface area contributed by atoms with E-state index in [0.29, 0.717) is 5.41 Å². The maximum atomic E-state index is 3.79. The standard InChI is InChI=1S/C18H37N/c1-6-8-11-16(7-2)14-18(12-9-10-13-18)15-19-17(3,4)5/h16,19H,6-15H2,1-5H3. The zero-order chi connectivity index (χ0) is 14.4. The molecule has 0 heterocycles. The maximum Gasteiger partial charge on any atom is 0.00967 e. The maximum absolute atomic E-state index is 3.79. The van der Waals surface area contributed by atoms with E-state index >= 15 is 0 Å². The Hall–Kier alpha value is -0.0400. The molecule has 0 aromatic carbocycles. The van der Waals surface area contributed by atoms with Gasteiger partial charge in [0.15, 0.2) is 0 Å². The van der Waals surface area contributed by atoms with Gasteiger partial charge in [-0.05, 0) is 51.4 Å². The van der Waals surface area contributed by atoms with Crippen molar-refractivity contribution in [1.82, 2.24) is 5.32 Å². The predicted molar refractivity (Wildman–Crippen MR) is 86.6 cm³/mol. The van der Waals surface area contributed by atoms with Crippen LogP contribution < -0.4 is 5.32 Å². The van der Waals surface area contributed by atoms with Crippen molar-refractivity contribution in [2.45, 2.75) is 97.9 Å². The normalized spacial score (nSPS) is 20.7. The Morgan fingerprint density at radius 1 is 1.11 bits per heavy atom. The monoisotopic (exact) mass is 267 g/mol. The Balaban J connectivity index is 2.54. The average Bonchev–Trinajstić information content (AvgIpc) is 2.80. The van der Waals surface area contributed by atoms with Crippen LogP contribution in [0.25, 0.3) is 0 Å². The summed E-state index contributed by atoms with van der Waals surface area (Å²) in [5.41, 5.74) is 0.877. The molecule has 0 aromatic heterocycles. The lowest BCUT2D eigenvalue weighted by Crippen LogP contribution is -2.43. The fraction of sp³-hybridized carbons (Fsp3) is 1.00. The van der Waals surface area contributed by atoms with Crippen molar-refractivity contribution >= 4 is 0 Å². The van der Waals surface area contributed by atoms with Crippen molar-refractivity contribution in [2.75, 3.05) is 6.54 Å². The molecule has 0 radical (unpaired) electrons. The highest BCUT2D eigenvalue weighted by Crippen LogP contribution is 2.44. The van der Waals surface area contributed by atoms with E-state index in [1.54, 1.807) is 0 Å². The van der Waals surface area contributed by atoms with Gasteiger partial charge in [-0.25, -0.2) is 0 Å². The van der Waals surface area contributed by atoms with Gasteiger partial charge >= 0.3 is 0 Å². The summed E-state index contributed by atoms with van der Waals surface area (Å²) in [5.74, 6) is 0.958. The highest BCUT2D eigenvalue weighted by atomic mass is 15.0. The molecule has 19 heavy (non-hydrogen) atoms. The molecule has 0 aromatic rings. The van der Waals surface area contributed by atoms with Crippen molar-refractivity contribution in [3.63, 3.8) is 0 Å². The first-order chi connectivity index (χ1) is 8.91. The molecule has 114 valence electrons. The lowest BCUT2D eigenvalue weighted by atomic mass is 9.75. The van der Waals surface area contributed by atoms with Crippen LogP contribution in [0.15, 0.2) is 0 Å². The number of nitrogens with one attached hydrogen (secondary N) is 1. The van der Waals surface area contributed by atoms with E-state index in [1.165, 1.54) is 64.3 Å². The van der Waals surface area contributed by atoms with E-state index in [2.05, 4.69) is 39.9 Å². The average molecular weight is 268 g/mol. The van der Waals surface area contributed by atoms with E-state index in [9.17, 15) is 0 Å². The fourth-order valence-corrected chi connectivity index (χ4v) is 3.59. The molecule has 0 spiro atoms. The van der Waals surface area contributed by atoms with E-state index < -0.39 is 0 Å². The van der Waals surface area contributed by atoms with Crippen LogP contribution in [0.4, 0.5) is 0 Å². The Morgan fingerprint density at radius 2 is 1.74 bits per heavy atom. The minimum absolute atomic E-state index is 0.265. The van der Waals surface area contributed by atoms with E-state index in [1.807, 2.05) is 0 Å². The van der Waals surface area contributed by atoms with Gasteiger partial charge in [-0.15, -0.1) is 0 Å². The van der Waals surface area contributed by atoms with Crippen molar-refractivity contribution in [1.29, 1.82) is 0 Å². The summed E-state index contributed by atoms with van der Waals surface area (Å²) in [4.78, 5) is 0. The summed E-state index contributed by atoms with van der Waals surface area (Å²) in [6, 6.07) is 0. The second-order valence-corrected chi connectivity index (χ2v) is 7.93. The molecule has 1 nitrogen and oxygen atoms in total. The minimum Gasteiger partial charge on any atom is -0.312 e. The van der Waals surface area contributed by atoms with Gasteiger partial charge in [0, 0.05) is 12.1 Å². The lowest BCUT2D eigenvalue weighted by Gasteiger charge is -2.36. The topological polar surface area (TPSA) is 12.0 Å². The molecule has 1 unspecified atom stereocenters. The predicted octanol–water partition coefficient (Wildman–Crippen LogP) is 5.54. The van der Waals surface area contributed by atoms with E-state index in [0.717, 1.165) is 5.92 Å². The van der Waals surface area contributed by atoms with Crippen LogP contribution in [0.5, 0.6) is 0 Å². The summed E-state index contributed by atoms with van der Waals surface area (Å²) in [5, 5.41) is 3.79. The van der Waals surface area contributed by atoms with Gasteiger partial charge in [0.2, 0.25) is 0 Å². The minimum atomic E-state index is 0.265. The Kier molecular flexibility index (Phi) is 6.86. The number of rotatable bonds is 8. The molecular formula is C18H37N. The van der Waals surface area contributed by atoms with Crippen molar-refractivity contribution < 1.29 is 0 Å². The Morgan fingerprint density at radius 3 is 2.21 bits per heavy atom. The smallest absolute Gasteiger partial charge is 0.00967 e. The molecule has 1 rings (SSSR count). The van der Waals surface area contributed by atoms with Gasteiger partial charge in [-0.1, -0.05) is 52.4 Å². The number of hydrogen-bond acceptors (Lipinski definition) is 1. The molecule has 1 heteroatoms. The molecular weight excluding hydrogens is 230 g/mol. The van der Waals surface area contributed by atoms with Gasteiger partial charge in [0.25, 0.3) is 0 Å². The summed E-state index contributed by atoms with van der Waals surface area (Å²) in [6.45, 7) is 12.8. The summed E-state index contributed by atoms with van der Waals surface area (Å²) < 4.78 is 0. The largest absolute Gasteiger partial charge is 0.312 e. The molecule has 0 bridgehead atoms. The van der Waals surface area contributed by atoms with Gasteiger partial charge in [0.1, 0.15) is 0 Å². The fourth-order valence-electron chi connectivity index (χ4n) is 3.59. The van der Waals surface area contributed by atoms with Gasteiger partial charge in [0.05, 0.1) is 0 Å². The van der Waals surface area contributed by atoms with Crippen LogP contribution in [0.1, 0.15) is 92.4 Å². The van der Waals surface area contributed by atoms with Crippen LogP contribution in [0, 0.1) is 11.3 Å². The molecule has 1 atom stereocenters. The SMILES string of the molecule is CCCCC(CC)CC1(CNC(C)(C)C)CCCC1. The summed E-state index contributed by atoms with van der Waals surface area (Å²) in [7, 11) is 0. The van der Waals surface area contributed by atoms with Crippen LogP contribution in [0.3, 0.4) is 0 Å². The Labute approximate surface area is 121 Å². The zero-order valence-electron chi connectivity index (χ0n) is 14.1. The first kappa shape index (κ1) is 17.0. The molecule has 0 amide bonds. The molecule has 1 N–H and O–H groups in total. The quantitative estimate of drug-likeness (QED) is 0.608. The zero-order valence-corrected chi connectivity index (χ0v) is 14.1. The third-order valence-corrected chi connectivity index (χ3v) is 4.92. The van der Waals surface area contributed by atoms with Crippen molar-refractivity contribution in [3.05, 3.63) is 0 Å². The first-order valence-corrected chi connectivity index (χ1v) is 8.66. The van der Waals surface area contributed by atoms with Crippen LogP contribution in [-0.4, -0.2) is 12.1 Å². The molecule has 0 aliphatic heterocycles. The first-order valence-electron chi connectivity index (χ1n) is 8.66. The highest BCUT2D eigenvalue weighted by Gasteiger charge is 2.36. The molecule has 1 aliphatic carbocycles. The molecule has 1 aliphatic rings. The second kappa shape index (κ2) is 7.67. The van der Waals surface area contributed by atoms with Crippen molar-refractivity contribution in [2.24, 2.45) is 11.3 Å². The molecule has 1 saturated carbocycles. The Bertz CT molecular complexity index is 233. The molecule has 0 saturated heterocycles. The van der Waals surface area contributed by atoms with Gasteiger partial charge in [-0.3, -0.25) is 0 Å². The third-order valence-electron chi connectivity index (χ3n) is 4.92. The molecule has 1 fully saturated rings. The summed E-state index contributed by atoms with van der Waals surface area (Å²) >= 11 is 0. The van der Waals surface area contributed by atoms with E-state index in [-0.39, 0.29) is 5.54 Å². The van der Waals surface area contributed by atoms with Crippen LogP contribution in [0.2, 0.25) is 0 Å². The summed E-state index contributed by atoms with van der Waals surface area (Å²) in [6.07, 6.45) is 12.9. The van der Waals surface area contributed by atoms with Gasteiger partial charge < -0.3 is 5.32 Å². The number of unbranched alkanes of at least 4 members (excludes halogenated alkanes) is 1. The van der Waals surface area contributed by atoms with Crippen molar-refractivity contribution in [3.8, 4) is 0 Å².